The lowest BCUT2D eigenvalue weighted by Gasteiger charge is -2.09. The Hall–Kier alpha value is -3.08. The van der Waals surface area contributed by atoms with Crippen molar-refractivity contribution in [3.63, 3.8) is 0 Å². The summed E-state index contributed by atoms with van der Waals surface area (Å²) in [5.74, 6) is -0.0308. The highest BCUT2D eigenvalue weighted by atomic mass is 16.5. The number of hydrogen-bond acceptors (Lipinski definition) is 5. The smallest absolute Gasteiger partial charge is 0.331 e. The second-order valence-electron chi connectivity index (χ2n) is 5.34. The lowest BCUT2D eigenvalue weighted by molar-refractivity contribution is -0.136. The van der Waals surface area contributed by atoms with Crippen molar-refractivity contribution in [2.45, 2.75) is 6.92 Å². The van der Waals surface area contributed by atoms with E-state index in [0.29, 0.717) is 17.1 Å². The summed E-state index contributed by atoms with van der Waals surface area (Å²) in [6.45, 7) is 1.59. The fraction of sp³-hybridized carbons (Fsp3) is 0.200. The SMILES string of the molecule is COc1ccc(OC)c(C(=O)COC(=O)/C=C/c2cccc(C)c2)c1. The maximum atomic E-state index is 12.3. The Balaban J connectivity index is 1.98. The van der Waals surface area contributed by atoms with Crippen molar-refractivity contribution in [2.24, 2.45) is 0 Å². The van der Waals surface area contributed by atoms with Crippen LogP contribution in [0.4, 0.5) is 0 Å². The summed E-state index contributed by atoms with van der Waals surface area (Å²) in [4.78, 5) is 24.1. The van der Waals surface area contributed by atoms with E-state index in [2.05, 4.69) is 0 Å². The molecule has 0 spiro atoms. The second-order valence-corrected chi connectivity index (χ2v) is 5.34. The van der Waals surface area contributed by atoms with Crippen molar-refractivity contribution < 1.29 is 23.8 Å². The van der Waals surface area contributed by atoms with Crippen molar-refractivity contribution in [3.8, 4) is 11.5 Å². The number of ether oxygens (including phenoxy) is 3. The molecule has 2 aromatic rings. The second kappa shape index (κ2) is 8.68. The van der Waals surface area contributed by atoms with Gasteiger partial charge in [0.2, 0.25) is 5.78 Å². The molecular formula is C20H20O5. The predicted molar refractivity (Wildman–Crippen MR) is 95.0 cm³/mol. The first-order chi connectivity index (χ1) is 12.0. The first-order valence-corrected chi connectivity index (χ1v) is 7.70. The van der Waals surface area contributed by atoms with E-state index in [0.717, 1.165) is 11.1 Å². The van der Waals surface area contributed by atoms with E-state index in [9.17, 15) is 9.59 Å². The van der Waals surface area contributed by atoms with Gasteiger partial charge < -0.3 is 14.2 Å². The van der Waals surface area contributed by atoms with E-state index in [1.54, 1.807) is 24.3 Å². The molecule has 0 aromatic heterocycles. The molecule has 5 nitrogen and oxygen atoms in total. The van der Waals surface area contributed by atoms with Gasteiger partial charge in [0.05, 0.1) is 19.8 Å². The fourth-order valence-corrected chi connectivity index (χ4v) is 2.23. The quantitative estimate of drug-likeness (QED) is 0.439. The fourth-order valence-electron chi connectivity index (χ4n) is 2.23. The summed E-state index contributed by atoms with van der Waals surface area (Å²) in [5, 5.41) is 0. The van der Waals surface area contributed by atoms with Crippen LogP contribution in [0.15, 0.2) is 48.5 Å². The van der Waals surface area contributed by atoms with Crippen molar-refractivity contribution in [1.82, 2.24) is 0 Å². The number of rotatable bonds is 7. The van der Waals surface area contributed by atoms with Gasteiger partial charge in [-0.15, -0.1) is 0 Å². The summed E-state index contributed by atoms with van der Waals surface area (Å²) < 4.78 is 15.3. The average molecular weight is 340 g/mol. The Kier molecular flexibility index (Phi) is 6.34. The lowest BCUT2D eigenvalue weighted by Crippen LogP contribution is -2.13. The monoisotopic (exact) mass is 340 g/mol. The predicted octanol–water partition coefficient (Wildman–Crippen LogP) is 3.45. The van der Waals surface area contributed by atoms with Gasteiger partial charge in [-0.05, 0) is 36.8 Å². The van der Waals surface area contributed by atoms with Crippen LogP contribution in [0.5, 0.6) is 11.5 Å². The molecule has 0 N–H and O–H groups in total. The van der Waals surface area contributed by atoms with Gasteiger partial charge in [0.1, 0.15) is 11.5 Å². The molecule has 0 aliphatic carbocycles. The molecule has 0 aliphatic rings. The first kappa shape index (κ1) is 18.3. The molecule has 0 bridgehead atoms. The molecule has 0 atom stereocenters. The molecule has 5 heteroatoms. The molecule has 0 amide bonds. The van der Waals surface area contributed by atoms with Crippen LogP contribution in [0.3, 0.4) is 0 Å². The minimum absolute atomic E-state index is 0.303. The Morgan fingerprint density at radius 3 is 2.52 bits per heavy atom. The van der Waals surface area contributed by atoms with E-state index in [4.69, 9.17) is 14.2 Å². The van der Waals surface area contributed by atoms with E-state index in [-0.39, 0.29) is 12.4 Å². The summed E-state index contributed by atoms with van der Waals surface area (Å²) in [6.07, 6.45) is 2.94. The molecule has 25 heavy (non-hydrogen) atoms. The first-order valence-electron chi connectivity index (χ1n) is 7.70. The van der Waals surface area contributed by atoms with Crippen LogP contribution in [-0.4, -0.2) is 32.6 Å². The summed E-state index contributed by atoms with van der Waals surface area (Å²) >= 11 is 0. The van der Waals surface area contributed by atoms with Gasteiger partial charge in [0, 0.05) is 6.08 Å². The Morgan fingerprint density at radius 1 is 1.04 bits per heavy atom. The van der Waals surface area contributed by atoms with Gasteiger partial charge in [-0.1, -0.05) is 29.8 Å². The highest BCUT2D eigenvalue weighted by Crippen LogP contribution is 2.24. The van der Waals surface area contributed by atoms with E-state index in [1.807, 2.05) is 31.2 Å². The molecular weight excluding hydrogens is 320 g/mol. The van der Waals surface area contributed by atoms with Crippen LogP contribution >= 0.6 is 0 Å². The highest BCUT2D eigenvalue weighted by Gasteiger charge is 2.15. The number of ketones is 1. The van der Waals surface area contributed by atoms with Crippen molar-refractivity contribution in [1.29, 1.82) is 0 Å². The Morgan fingerprint density at radius 2 is 1.84 bits per heavy atom. The summed E-state index contributed by atoms with van der Waals surface area (Å²) in [5.41, 5.74) is 2.28. The number of carbonyl (C=O) groups excluding carboxylic acids is 2. The third-order valence-electron chi connectivity index (χ3n) is 3.51. The maximum Gasteiger partial charge on any atom is 0.331 e. The minimum Gasteiger partial charge on any atom is -0.497 e. The number of hydrogen-bond donors (Lipinski definition) is 0. The number of Topliss-reactive ketones (excluding diaryl/α,β-unsaturated/α-hetero) is 1. The normalized spacial score (nSPS) is 10.5. The molecule has 0 unspecified atom stereocenters. The topological polar surface area (TPSA) is 61.8 Å². The van der Waals surface area contributed by atoms with Crippen LogP contribution in [0, 0.1) is 6.92 Å². The molecule has 2 aromatic carbocycles. The average Bonchev–Trinajstić information content (AvgIpc) is 2.63. The lowest BCUT2D eigenvalue weighted by atomic mass is 10.1. The van der Waals surface area contributed by atoms with Crippen LogP contribution in [0.25, 0.3) is 6.08 Å². The van der Waals surface area contributed by atoms with Crippen molar-refractivity contribution in [2.75, 3.05) is 20.8 Å². The van der Waals surface area contributed by atoms with E-state index >= 15 is 0 Å². The van der Waals surface area contributed by atoms with Gasteiger partial charge in [0.15, 0.2) is 6.61 Å². The Bertz CT molecular complexity index is 792. The van der Waals surface area contributed by atoms with Gasteiger partial charge in [-0.25, -0.2) is 4.79 Å². The number of esters is 1. The molecule has 0 saturated carbocycles. The van der Waals surface area contributed by atoms with Gasteiger partial charge in [-0.2, -0.15) is 0 Å². The van der Waals surface area contributed by atoms with Gasteiger partial charge >= 0.3 is 5.97 Å². The van der Waals surface area contributed by atoms with Crippen molar-refractivity contribution in [3.05, 3.63) is 65.2 Å². The van der Waals surface area contributed by atoms with Crippen molar-refractivity contribution >= 4 is 17.8 Å². The summed E-state index contributed by atoms with van der Waals surface area (Å²) in [6, 6.07) is 12.6. The van der Waals surface area contributed by atoms with E-state index in [1.165, 1.54) is 20.3 Å². The van der Waals surface area contributed by atoms with Crippen LogP contribution < -0.4 is 9.47 Å². The molecule has 0 radical (unpaired) electrons. The Labute approximate surface area is 146 Å². The zero-order valence-corrected chi connectivity index (χ0v) is 14.4. The number of aryl methyl sites for hydroxylation is 1. The van der Waals surface area contributed by atoms with E-state index < -0.39 is 5.97 Å². The molecule has 0 aliphatic heterocycles. The highest BCUT2D eigenvalue weighted by molar-refractivity contribution is 6.01. The third-order valence-corrected chi connectivity index (χ3v) is 3.51. The molecule has 0 fully saturated rings. The largest absolute Gasteiger partial charge is 0.497 e. The molecule has 130 valence electrons. The van der Waals surface area contributed by atoms with Gasteiger partial charge in [-0.3, -0.25) is 4.79 Å². The van der Waals surface area contributed by atoms with Crippen LogP contribution in [-0.2, 0) is 9.53 Å². The molecule has 0 saturated heterocycles. The number of methoxy groups -OCH3 is 2. The maximum absolute atomic E-state index is 12.3. The zero-order valence-electron chi connectivity index (χ0n) is 14.4. The standard InChI is InChI=1S/C20H20O5/c1-14-5-4-6-15(11-14)7-10-20(22)25-13-18(21)17-12-16(23-2)8-9-19(17)24-3/h4-12H,13H2,1-3H3/b10-7+. The van der Waals surface area contributed by atoms with Crippen LogP contribution in [0.2, 0.25) is 0 Å². The van der Waals surface area contributed by atoms with Gasteiger partial charge in [0.25, 0.3) is 0 Å². The zero-order chi connectivity index (χ0) is 18.2. The number of benzene rings is 2. The third kappa shape index (κ3) is 5.21. The summed E-state index contributed by atoms with van der Waals surface area (Å²) in [7, 11) is 2.97. The number of carbonyl (C=O) groups is 2. The molecule has 2 rings (SSSR count). The minimum atomic E-state index is -0.586. The molecule has 0 heterocycles. The van der Waals surface area contributed by atoms with Crippen LogP contribution in [0.1, 0.15) is 21.5 Å².